The fraction of sp³-hybridized carbons (Fsp3) is 0.231. The van der Waals surface area contributed by atoms with E-state index in [-0.39, 0.29) is 5.89 Å². The average Bonchev–Trinajstić information content (AvgIpc) is 2.73. The summed E-state index contributed by atoms with van der Waals surface area (Å²) < 4.78 is 43.1. The first kappa shape index (κ1) is 14.1. The monoisotopic (exact) mass is 285 g/mol. The van der Waals surface area contributed by atoms with E-state index in [1.165, 1.54) is 0 Å². The fourth-order valence-electron chi connectivity index (χ4n) is 1.92. The van der Waals surface area contributed by atoms with Crippen molar-refractivity contribution in [2.24, 2.45) is 0 Å². The molecule has 4 nitrogen and oxygen atoms in total. The van der Waals surface area contributed by atoms with Crippen molar-refractivity contribution in [1.82, 2.24) is 4.98 Å². The molecule has 0 saturated carbocycles. The molecule has 0 radical (unpaired) electrons. The van der Waals surface area contributed by atoms with Gasteiger partial charge < -0.3 is 9.52 Å². The standard InChI is InChI=1S/C13H10F3NO3/c1-6-4-3-5-7(2)8(6)11-17-10(13(14,15)16)9(20-11)12(18)19/h3-5H,1-2H3,(H,18,19). The second kappa shape index (κ2) is 4.66. The SMILES string of the molecule is Cc1cccc(C)c1-c1nc(C(F)(F)F)c(C(=O)O)o1. The van der Waals surface area contributed by atoms with Gasteiger partial charge in [0.25, 0.3) is 0 Å². The van der Waals surface area contributed by atoms with Crippen molar-refractivity contribution in [2.75, 3.05) is 0 Å². The van der Waals surface area contributed by atoms with E-state index in [1.807, 2.05) is 0 Å². The summed E-state index contributed by atoms with van der Waals surface area (Å²) in [6.07, 6.45) is -4.88. The Bertz CT molecular complexity index is 654. The summed E-state index contributed by atoms with van der Waals surface area (Å²) in [6, 6.07) is 5.10. The Morgan fingerprint density at radius 1 is 1.25 bits per heavy atom. The molecule has 0 atom stereocenters. The molecule has 0 spiro atoms. The highest BCUT2D eigenvalue weighted by Gasteiger charge is 2.41. The summed E-state index contributed by atoms with van der Waals surface area (Å²) in [5.41, 5.74) is 0.141. The van der Waals surface area contributed by atoms with Crippen molar-refractivity contribution in [3.63, 3.8) is 0 Å². The van der Waals surface area contributed by atoms with Crippen LogP contribution >= 0.6 is 0 Å². The molecule has 0 saturated heterocycles. The van der Waals surface area contributed by atoms with E-state index < -0.39 is 23.6 Å². The van der Waals surface area contributed by atoms with E-state index in [0.717, 1.165) is 0 Å². The molecule has 1 N–H and O–H groups in total. The number of carboxylic acids is 1. The van der Waals surface area contributed by atoms with Crippen LogP contribution in [0.5, 0.6) is 0 Å². The molecule has 2 rings (SSSR count). The van der Waals surface area contributed by atoms with Crippen LogP contribution in [0.1, 0.15) is 27.4 Å². The van der Waals surface area contributed by atoms with Crippen LogP contribution in [0.15, 0.2) is 22.6 Å². The first-order chi connectivity index (χ1) is 9.21. The van der Waals surface area contributed by atoms with Gasteiger partial charge in [-0.3, -0.25) is 0 Å². The number of hydrogen-bond donors (Lipinski definition) is 1. The minimum absolute atomic E-state index is 0.342. The first-order valence-electron chi connectivity index (χ1n) is 5.59. The van der Waals surface area contributed by atoms with Crippen molar-refractivity contribution in [1.29, 1.82) is 0 Å². The van der Waals surface area contributed by atoms with Crippen LogP contribution in [0.25, 0.3) is 11.5 Å². The van der Waals surface area contributed by atoms with Crippen LogP contribution in [0.3, 0.4) is 0 Å². The molecule has 2 aromatic rings. The molecule has 0 fully saturated rings. The Hall–Kier alpha value is -2.31. The molecule has 106 valence electrons. The summed E-state index contributed by atoms with van der Waals surface area (Å²) in [7, 11) is 0. The number of rotatable bonds is 2. The van der Waals surface area contributed by atoms with Crippen molar-refractivity contribution in [3.8, 4) is 11.5 Å². The lowest BCUT2D eigenvalue weighted by Crippen LogP contribution is -2.11. The van der Waals surface area contributed by atoms with Crippen molar-refractivity contribution in [2.45, 2.75) is 20.0 Å². The number of halogens is 3. The largest absolute Gasteiger partial charge is 0.475 e. The predicted molar refractivity (Wildman–Crippen MR) is 63.4 cm³/mol. The van der Waals surface area contributed by atoms with Crippen LogP contribution in [-0.4, -0.2) is 16.1 Å². The van der Waals surface area contributed by atoms with E-state index in [2.05, 4.69) is 4.98 Å². The Kier molecular flexibility index (Phi) is 3.29. The number of carboxylic acid groups (broad SMARTS) is 1. The van der Waals surface area contributed by atoms with Gasteiger partial charge in [0.05, 0.1) is 0 Å². The third-order valence-electron chi connectivity index (χ3n) is 2.78. The number of nitrogens with zero attached hydrogens (tertiary/aromatic N) is 1. The van der Waals surface area contributed by atoms with Gasteiger partial charge in [-0.25, -0.2) is 9.78 Å². The van der Waals surface area contributed by atoms with E-state index in [9.17, 15) is 18.0 Å². The van der Waals surface area contributed by atoms with Crippen LogP contribution in [0, 0.1) is 13.8 Å². The highest BCUT2D eigenvalue weighted by Crippen LogP contribution is 2.36. The number of alkyl halides is 3. The third-order valence-corrected chi connectivity index (χ3v) is 2.78. The number of aryl methyl sites for hydroxylation is 2. The highest BCUT2D eigenvalue weighted by molar-refractivity contribution is 5.86. The van der Waals surface area contributed by atoms with E-state index in [0.29, 0.717) is 16.7 Å². The number of aromatic nitrogens is 1. The summed E-state index contributed by atoms with van der Waals surface area (Å²) in [6.45, 7) is 3.36. The molecule has 1 aromatic heterocycles. The van der Waals surface area contributed by atoms with Gasteiger partial charge in [-0.1, -0.05) is 18.2 Å². The predicted octanol–water partition coefficient (Wildman–Crippen LogP) is 3.68. The van der Waals surface area contributed by atoms with Crippen molar-refractivity contribution < 1.29 is 27.5 Å². The summed E-state index contributed by atoms with van der Waals surface area (Å²) in [5.74, 6) is -3.34. The maximum absolute atomic E-state index is 12.8. The molecule has 0 bridgehead atoms. The minimum Gasteiger partial charge on any atom is -0.475 e. The second-order valence-corrected chi connectivity index (χ2v) is 4.27. The van der Waals surface area contributed by atoms with Gasteiger partial charge >= 0.3 is 12.1 Å². The summed E-state index contributed by atoms with van der Waals surface area (Å²) in [5, 5.41) is 8.79. The van der Waals surface area contributed by atoms with Crippen molar-refractivity contribution in [3.05, 3.63) is 40.8 Å². The fourth-order valence-corrected chi connectivity index (χ4v) is 1.92. The lowest BCUT2D eigenvalue weighted by molar-refractivity contribution is -0.141. The number of aromatic carboxylic acids is 1. The summed E-state index contributed by atoms with van der Waals surface area (Å²) in [4.78, 5) is 14.2. The van der Waals surface area contributed by atoms with Gasteiger partial charge in [-0.05, 0) is 25.0 Å². The van der Waals surface area contributed by atoms with Crippen LogP contribution < -0.4 is 0 Å². The molecule has 1 heterocycles. The molecule has 7 heteroatoms. The zero-order valence-electron chi connectivity index (χ0n) is 10.6. The average molecular weight is 285 g/mol. The molecule has 0 aliphatic rings. The number of benzene rings is 1. The molecule has 1 aromatic carbocycles. The quantitative estimate of drug-likeness (QED) is 0.914. The van der Waals surface area contributed by atoms with Gasteiger partial charge in [0.15, 0.2) is 5.69 Å². The Labute approximate surface area is 111 Å². The van der Waals surface area contributed by atoms with Crippen LogP contribution in [0.4, 0.5) is 13.2 Å². The number of carbonyl (C=O) groups is 1. The number of oxazole rings is 1. The molecule has 20 heavy (non-hydrogen) atoms. The zero-order chi connectivity index (χ0) is 15.1. The molecular formula is C13H10F3NO3. The van der Waals surface area contributed by atoms with Gasteiger partial charge in [0.2, 0.25) is 11.7 Å². The molecule has 0 aliphatic carbocycles. The van der Waals surface area contributed by atoms with E-state index in [1.54, 1.807) is 32.0 Å². The molecular weight excluding hydrogens is 275 g/mol. The maximum Gasteiger partial charge on any atom is 0.437 e. The second-order valence-electron chi connectivity index (χ2n) is 4.27. The highest BCUT2D eigenvalue weighted by atomic mass is 19.4. The Morgan fingerprint density at radius 2 is 1.80 bits per heavy atom. The molecule has 0 unspecified atom stereocenters. The first-order valence-corrected chi connectivity index (χ1v) is 5.59. The van der Waals surface area contributed by atoms with Gasteiger partial charge in [0, 0.05) is 5.56 Å². The normalized spacial score (nSPS) is 11.7. The lowest BCUT2D eigenvalue weighted by Gasteiger charge is -2.04. The Morgan fingerprint density at radius 3 is 2.20 bits per heavy atom. The van der Waals surface area contributed by atoms with E-state index in [4.69, 9.17) is 9.52 Å². The maximum atomic E-state index is 12.8. The summed E-state index contributed by atoms with van der Waals surface area (Å²) >= 11 is 0. The minimum atomic E-state index is -4.88. The third kappa shape index (κ3) is 2.38. The molecule has 0 aliphatic heterocycles. The van der Waals surface area contributed by atoms with Crippen molar-refractivity contribution >= 4 is 5.97 Å². The van der Waals surface area contributed by atoms with Gasteiger partial charge in [-0.2, -0.15) is 13.2 Å². The van der Waals surface area contributed by atoms with E-state index >= 15 is 0 Å². The van der Waals surface area contributed by atoms with Crippen LogP contribution in [0.2, 0.25) is 0 Å². The smallest absolute Gasteiger partial charge is 0.437 e. The topological polar surface area (TPSA) is 63.3 Å². The van der Waals surface area contributed by atoms with Gasteiger partial charge in [-0.15, -0.1) is 0 Å². The van der Waals surface area contributed by atoms with Gasteiger partial charge in [0.1, 0.15) is 0 Å². The Balaban J connectivity index is 2.69. The zero-order valence-corrected chi connectivity index (χ0v) is 10.6. The van der Waals surface area contributed by atoms with Crippen LogP contribution in [-0.2, 0) is 6.18 Å². The number of hydrogen-bond acceptors (Lipinski definition) is 3. The lowest BCUT2D eigenvalue weighted by atomic mass is 10.0. The molecule has 0 amide bonds.